The molecule has 142 valence electrons. The second kappa shape index (κ2) is 8.39. The Morgan fingerprint density at radius 2 is 1.81 bits per heavy atom. The van der Waals surface area contributed by atoms with Gasteiger partial charge in [-0.2, -0.15) is 4.99 Å². The number of ether oxygens (including phenoxy) is 1. The lowest BCUT2D eigenvalue weighted by molar-refractivity contribution is 0.0998. The molecule has 5 nitrogen and oxygen atoms in total. The summed E-state index contributed by atoms with van der Waals surface area (Å²) in [5.74, 6) is 0.602. The van der Waals surface area contributed by atoms with Gasteiger partial charge in [0.15, 0.2) is 4.80 Å². The van der Waals surface area contributed by atoms with E-state index in [4.69, 9.17) is 4.74 Å². The number of anilines is 1. The van der Waals surface area contributed by atoms with E-state index in [0.717, 1.165) is 34.7 Å². The number of benzene rings is 2. The molecule has 0 aliphatic heterocycles. The van der Waals surface area contributed by atoms with Crippen LogP contribution < -0.4 is 14.4 Å². The first-order chi connectivity index (χ1) is 13.1. The normalized spacial score (nSPS) is 11.8. The molecule has 6 heteroatoms. The van der Waals surface area contributed by atoms with Crippen LogP contribution in [0.3, 0.4) is 0 Å². The lowest BCUT2D eigenvalue weighted by atomic mass is 10.2. The highest BCUT2D eigenvalue weighted by Crippen LogP contribution is 2.23. The number of rotatable bonds is 6. The first-order valence-corrected chi connectivity index (χ1v) is 10.1. The standard InChI is InChI=1S/C21H25N3O2S/c1-5-24(6-2)16-10-8-15(9-11-16)20(25)22-21-23(4)18-13-12-17(26-7-3)14-19(18)27-21/h8-14H,5-7H2,1-4H3. The Kier molecular flexibility index (Phi) is 5.96. The largest absolute Gasteiger partial charge is 0.494 e. The first kappa shape index (κ1) is 19.2. The minimum atomic E-state index is -0.228. The molecule has 0 radical (unpaired) electrons. The fourth-order valence-corrected chi connectivity index (χ4v) is 4.08. The molecular weight excluding hydrogens is 358 g/mol. The number of amides is 1. The number of aromatic nitrogens is 1. The third-order valence-corrected chi connectivity index (χ3v) is 5.63. The molecule has 0 unspecified atom stereocenters. The third kappa shape index (κ3) is 4.06. The number of hydrogen-bond acceptors (Lipinski definition) is 4. The predicted molar refractivity (Wildman–Crippen MR) is 112 cm³/mol. The Balaban J connectivity index is 1.91. The summed E-state index contributed by atoms with van der Waals surface area (Å²) in [6.07, 6.45) is 0. The molecule has 0 aliphatic rings. The van der Waals surface area contributed by atoms with Gasteiger partial charge in [-0.25, -0.2) is 0 Å². The summed E-state index contributed by atoms with van der Waals surface area (Å²) < 4.78 is 8.55. The van der Waals surface area contributed by atoms with Crippen molar-refractivity contribution in [1.82, 2.24) is 4.57 Å². The third-order valence-electron chi connectivity index (χ3n) is 4.53. The van der Waals surface area contributed by atoms with Crippen molar-refractivity contribution in [3.8, 4) is 5.75 Å². The summed E-state index contributed by atoms with van der Waals surface area (Å²) in [5.41, 5.74) is 2.75. The van der Waals surface area contributed by atoms with Crippen molar-refractivity contribution >= 4 is 33.1 Å². The predicted octanol–water partition coefficient (Wildman–Crippen LogP) is 4.23. The van der Waals surface area contributed by atoms with E-state index in [1.807, 2.05) is 61.0 Å². The molecule has 3 aromatic rings. The van der Waals surface area contributed by atoms with Crippen molar-refractivity contribution in [1.29, 1.82) is 0 Å². The van der Waals surface area contributed by atoms with E-state index < -0.39 is 0 Å². The van der Waals surface area contributed by atoms with Gasteiger partial charge in [-0.05, 0) is 63.2 Å². The number of carbonyl (C=O) groups is 1. The number of hydrogen-bond donors (Lipinski definition) is 0. The second-order valence-corrected chi connectivity index (χ2v) is 7.15. The summed E-state index contributed by atoms with van der Waals surface area (Å²) in [5, 5.41) is 0. The minimum absolute atomic E-state index is 0.228. The zero-order valence-corrected chi connectivity index (χ0v) is 17.0. The first-order valence-electron chi connectivity index (χ1n) is 9.23. The van der Waals surface area contributed by atoms with Gasteiger partial charge in [0.05, 0.1) is 16.8 Å². The van der Waals surface area contributed by atoms with Crippen LogP contribution in [0.4, 0.5) is 5.69 Å². The summed E-state index contributed by atoms with van der Waals surface area (Å²) in [7, 11) is 1.93. The van der Waals surface area contributed by atoms with E-state index in [-0.39, 0.29) is 5.91 Å². The summed E-state index contributed by atoms with van der Waals surface area (Å²) in [4.78, 5) is 19.9. The van der Waals surface area contributed by atoms with Crippen molar-refractivity contribution in [3.05, 3.63) is 52.8 Å². The Morgan fingerprint density at radius 3 is 2.44 bits per heavy atom. The monoisotopic (exact) mass is 383 g/mol. The number of thiazole rings is 1. The average molecular weight is 384 g/mol. The Bertz CT molecular complexity index is 998. The van der Waals surface area contributed by atoms with Crippen molar-refractivity contribution in [3.63, 3.8) is 0 Å². The molecule has 0 bridgehead atoms. The molecule has 1 heterocycles. The lowest BCUT2D eigenvalue weighted by Crippen LogP contribution is -2.21. The van der Waals surface area contributed by atoms with Gasteiger partial charge in [-0.3, -0.25) is 4.79 Å². The van der Waals surface area contributed by atoms with Gasteiger partial charge >= 0.3 is 0 Å². The summed E-state index contributed by atoms with van der Waals surface area (Å²) in [6, 6.07) is 13.6. The van der Waals surface area contributed by atoms with Gasteiger partial charge in [0.2, 0.25) is 0 Å². The SMILES string of the molecule is CCOc1ccc2c(c1)sc(=NC(=O)c1ccc(N(CC)CC)cc1)n2C. The van der Waals surface area contributed by atoms with Gasteiger partial charge in [0.1, 0.15) is 5.75 Å². The van der Waals surface area contributed by atoms with Crippen LogP contribution in [0.2, 0.25) is 0 Å². The molecule has 0 atom stereocenters. The molecule has 2 aromatic carbocycles. The lowest BCUT2D eigenvalue weighted by Gasteiger charge is -2.20. The van der Waals surface area contributed by atoms with Crippen LogP contribution in [0, 0.1) is 0 Å². The van der Waals surface area contributed by atoms with E-state index in [1.165, 1.54) is 11.3 Å². The van der Waals surface area contributed by atoms with Crippen molar-refractivity contribution in [2.24, 2.45) is 12.0 Å². The average Bonchev–Trinajstić information content (AvgIpc) is 2.98. The van der Waals surface area contributed by atoms with Gasteiger partial charge < -0.3 is 14.2 Å². The number of nitrogens with zero attached hydrogens (tertiary/aromatic N) is 3. The van der Waals surface area contributed by atoms with Gasteiger partial charge in [0.25, 0.3) is 5.91 Å². The highest BCUT2D eigenvalue weighted by atomic mass is 32.1. The van der Waals surface area contributed by atoms with Gasteiger partial charge in [0, 0.05) is 31.4 Å². The van der Waals surface area contributed by atoms with Crippen LogP contribution in [0.5, 0.6) is 5.75 Å². The maximum absolute atomic E-state index is 12.6. The van der Waals surface area contributed by atoms with Crippen LogP contribution in [0.25, 0.3) is 10.2 Å². The molecule has 1 amide bonds. The molecule has 1 aromatic heterocycles. The van der Waals surface area contributed by atoms with E-state index in [2.05, 4.69) is 23.7 Å². The second-order valence-electron chi connectivity index (χ2n) is 6.14. The van der Waals surface area contributed by atoms with Crippen LogP contribution in [-0.4, -0.2) is 30.2 Å². The molecule has 0 spiro atoms. The molecular formula is C21H25N3O2S. The van der Waals surface area contributed by atoms with Crippen LogP contribution >= 0.6 is 11.3 Å². The molecule has 27 heavy (non-hydrogen) atoms. The Hall–Kier alpha value is -2.60. The van der Waals surface area contributed by atoms with Crippen molar-refractivity contribution in [2.45, 2.75) is 20.8 Å². The molecule has 0 fully saturated rings. The van der Waals surface area contributed by atoms with Crippen LogP contribution in [-0.2, 0) is 7.05 Å². The van der Waals surface area contributed by atoms with Crippen LogP contribution in [0.15, 0.2) is 47.5 Å². The fourth-order valence-electron chi connectivity index (χ4n) is 3.03. The van der Waals surface area contributed by atoms with E-state index in [1.54, 1.807) is 0 Å². The number of fused-ring (bicyclic) bond motifs is 1. The highest BCUT2D eigenvalue weighted by Gasteiger charge is 2.09. The molecule has 0 saturated carbocycles. The Morgan fingerprint density at radius 1 is 1.11 bits per heavy atom. The molecule has 0 N–H and O–H groups in total. The van der Waals surface area contributed by atoms with Crippen molar-refractivity contribution in [2.75, 3.05) is 24.6 Å². The van der Waals surface area contributed by atoms with Crippen LogP contribution in [0.1, 0.15) is 31.1 Å². The Labute approximate surface area is 163 Å². The molecule has 3 rings (SSSR count). The van der Waals surface area contributed by atoms with Gasteiger partial charge in [-0.15, -0.1) is 0 Å². The van der Waals surface area contributed by atoms with Crippen molar-refractivity contribution < 1.29 is 9.53 Å². The summed E-state index contributed by atoms with van der Waals surface area (Å²) in [6.45, 7) is 8.71. The molecule has 0 aliphatic carbocycles. The fraction of sp³-hybridized carbons (Fsp3) is 0.333. The highest BCUT2D eigenvalue weighted by molar-refractivity contribution is 7.16. The maximum Gasteiger partial charge on any atom is 0.279 e. The number of aryl methyl sites for hydroxylation is 1. The zero-order valence-electron chi connectivity index (χ0n) is 16.2. The summed E-state index contributed by atoms with van der Waals surface area (Å²) >= 11 is 1.49. The van der Waals surface area contributed by atoms with E-state index in [9.17, 15) is 4.79 Å². The van der Waals surface area contributed by atoms with E-state index >= 15 is 0 Å². The smallest absolute Gasteiger partial charge is 0.279 e. The maximum atomic E-state index is 12.6. The zero-order chi connectivity index (χ0) is 19.4. The molecule has 0 saturated heterocycles. The van der Waals surface area contributed by atoms with Gasteiger partial charge in [-0.1, -0.05) is 11.3 Å². The number of carbonyl (C=O) groups excluding carboxylic acids is 1. The quantitative estimate of drug-likeness (QED) is 0.640. The van der Waals surface area contributed by atoms with E-state index in [0.29, 0.717) is 17.0 Å². The minimum Gasteiger partial charge on any atom is -0.494 e. The topological polar surface area (TPSA) is 46.8 Å².